The molecule has 7 heteroatoms. The summed E-state index contributed by atoms with van der Waals surface area (Å²) >= 11 is 0. The van der Waals surface area contributed by atoms with Gasteiger partial charge in [-0.1, -0.05) is 12.1 Å². The van der Waals surface area contributed by atoms with Crippen molar-refractivity contribution in [1.82, 2.24) is 0 Å². The van der Waals surface area contributed by atoms with Crippen LogP contribution in [-0.2, 0) is 20.5 Å². The molecule has 0 fully saturated rings. The second kappa shape index (κ2) is 6.51. The summed E-state index contributed by atoms with van der Waals surface area (Å²) in [7, 11) is 0. The van der Waals surface area contributed by atoms with Crippen molar-refractivity contribution in [3.8, 4) is 0 Å². The zero-order chi connectivity index (χ0) is 16.2. The fourth-order valence-corrected chi connectivity index (χ4v) is 1.57. The van der Waals surface area contributed by atoms with Crippen molar-refractivity contribution in [2.45, 2.75) is 20.0 Å². The van der Waals surface area contributed by atoms with E-state index in [-0.39, 0.29) is 12.2 Å². The average molecular weight is 302 g/mol. The molecule has 0 unspecified atom stereocenters. The van der Waals surface area contributed by atoms with Gasteiger partial charge in [0.1, 0.15) is 0 Å². The van der Waals surface area contributed by atoms with Crippen LogP contribution in [0.3, 0.4) is 0 Å². The highest BCUT2D eigenvalue weighted by Gasteiger charge is 2.32. The Bertz CT molecular complexity index is 546. The van der Waals surface area contributed by atoms with Gasteiger partial charge in [0.05, 0.1) is 18.1 Å². The summed E-state index contributed by atoms with van der Waals surface area (Å²) in [5.74, 6) is -4.20. The number of alkyl halides is 3. The summed E-state index contributed by atoms with van der Waals surface area (Å²) in [6.45, 7) is 2.71. The van der Waals surface area contributed by atoms with Gasteiger partial charge in [0.2, 0.25) is 0 Å². The topological polar surface area (TPSA) is 60.4 Å². The summed E-state index contributed by atoms with van der Waals surface area (Å²) in [4.78, 5) is 34.8. The standard InChI is InChI=1S/C14H13F3O4/c1-3-21-13(20)12(19)8(2)11(18)9-4-6-10(7-5-9)14(15,16)17/h4-8H,3H2,1-2H3/t8-/m0/s1. The molecule has 114 valence electrons. The van der Waals surface area contributed by atoms with Crippen LogP contribution in [0.15, 0.2) is 24.3 Å². The van der Waals surface area contributed by atoms with E-state index in [4.69, 9.17) is 0 Å². The van der Waals surface area contributed by atoms with Gasteiger partial charge in [0, 0.05) is 5.56 Å². The number of carbonyl (C=O) groups excluding carboxylic acids is 3. The van der Waals surface area contributed by atoms with Crippen LogP contribution in [0.1, 0.15) is 29.8 Å². The van der Waals surface area contributed by atoms with Crippen LogP contribution < -0.4 is 0 Å². The first kappa shape index (κ1) is 16.9. The molecule has 0 aliphatic rings. The van der Waals surface area contributed by atoms with Crippen molar-refractivity contribution in [1.29, 1.82) is 0 Å². The van der Waals surface area contributed by atoms with E-state index in [0.717, 1.165) is 24.3 Å². The number of carbonyl (C=O) groups is 3. The van der Waals surface area contributed by atoms with Gasteiger partial charge >= 0.3 is 12.1 Å². The Morgan fingerprint density at radius 3 is 2.10 bits per heavy atom. The highest BCUT2D eigenvalue weighted by molar-refractivity contribution is 6.39. The van der Waals surface area contributed by atoms with Gasteiger partial charge < -0.3 is 4.74 Å². The Balaban J connectivity index is 2.88. The summed E-state index contributed by atoms with van der Waals surface area (Å²) in [6, 6.07) is 3.43. The zero-order valence-electron chi connectivity index (χ0n) is 11.4. The van der Waals surface area contributed by atoms with Crippen molar-refractivity contribution >= 4 is 17.5 Å². The third-order valence-electron chi connectivity index (χ3n) is 2.76. The molecule has 0 saturated carbocycles. The number of benzene rings is 1. The molecule has 1 rings (SSSR count). The summed E-state index contributed by atoms with van der Waals surface area (Å²) in [5.41, 5.74) is -0.975. The Hall–Kier alpha value is -2.18. The summed E-state index contributed by atoms with van der Waals surface area (Å²) < 4.78 is 41.7. The van der Waals surface area contributed by atoms with Crippen molar-refractivity contribution in [3.63, 3.8) is 0 Å². The molecule has 0 heterocycles. The predicted molar refractivity (Wildman–Crippen MR) is 66.6 cm³/mol. The number of halogens is 3. The second-order valence-corrected chi connectivity index (χ2v) is 4.25. The molecule has 1 atom stereocenters. The Labute approximate surface area is 118 Å². The van der Waals surface area contributed by atoms with Gasteiger partial charge in [-0.05, 0) is 26.0 Å². The monoisotopic (exact) mass is 302 g/mol. The molecule has 21 heavy (non-hydrogen) atoms. The molecule has 0 amide bonds. The SMILES string of the molecule is CCOC(=O)C(=O)[C@@H](C)C(=O)c1ccc(C(F)(F)F)cc1. The van der Waals surface area contributed by atoms with Gasteiger partial charge in [-0.3, -0.25) is 9.59 Å². The number of Topliss-reactive ketones (excluding diaryl/α,β-unsaturated/α-hetero) is 2. The highest BCUT2D eigenvalue weighted by atomic mass is 19.4. The zero-order valence-corrected chi connectivity index (χ0v) is 11.4. The molecule has 0 aliphatic heterocycles. The van der Waals surface area contributed by atoms with Crippen LogP contribution in [0.2, 0.25) is 0 Å². The number of rotatable bonds is 5. The number of hydrogen-bond donors (Lipinski definition) is 0. The Morgan fingerprint density at radius 1 is 1.14 bits per heavy atom. The van der Waals surface area contributed by atoms with E-state index in [1.54, 1.807) is 0 Å². The van der Waals surface area contributed by atoms with E-state index in [1.807, 2.05) is 0 Å². The highest BCUT2D eigenvalue weighted by Crippen LogP contribution is 2.29. The molecule has 0 radical (unpaired) electrons. The summed E-state index contributed by atoms with van der Waals surface area (Å²) in [6.07, 6.45) is -4.51. The third kappa shape index (κ3) is 4.14. The molecule has 0 saturated heterocycles. The number of ether oxygens (including phenoxy) is 1. The molecule has 0 aliphatic carbocycles. The molecular weight excluding hydrogens is 289 g/mol. The molecule has 0 aromatic heterocycles. The smallest absolute Gasteiger partial charge is 0.416 e. The van der Waals surface area contributed by atoms with Gasteiger partial charge in [-0.25, -0.2) is 4.79 Å². The van der Waals surface area contributed by atoms with E-state index in [9.17, 15) is 27.6 Å². The average Bonchev–Trinajstić information content (AvgIpc) is 2.44. The first-order chi connectivity index (χ1) is 9.68. The minimum absolute atomic E-state index is 0.00817. The van der Waals surface area contributed by atoms with E-state index >= 15 is 0 Å². The Kier molecular flexibility index (Phi) is 5.23. The maximum atomic E-state index is 12.4. The quantitative estimate of drug-likeness (QED) is 0.363. The lowest BCUT2D eigenvalue weighted by molar-refractivity contribution is -0.154. The maximum absolute atomic E-state index is 12.4. The van der Waals surface area contributed by atoms with Crippen LogP contribution in [0.5, 0.6) is 0 Å². The fourth-order valence-electron chi connectivity index (χ4n) is 1.57. The van der Waals surface area contributed by atoms with Crippen LogP contribution in [0.4, 0.5) is 13.2 Å². The largest absolute Gasteiger partial charge is 0.460 e. The van der Waals surface area contributed by atoms with E-state index in [0.29, 0.717) is 0 Å². The van der Waals surface area contributed by atoms with Crippen LogP contribution in [0.25, 0.3) is 0 Å². The van der Waals surface area contributed by atoms with E-state index in [2.05, 4.69) is 4.74 Å². The second-order valence-electron chi connectivity index (χ2n) is 4.25. The lowest BCUT2D eigenvalue weighted by Crippen LogP contribution is -2.29. The number of ketones is 2. The molecule has 0 spiro atoms. The van der Waals surface area contributed by atoms with Crippen molar-refractivity contribution in [2.24, 2.45) is 5.92 Å². The van der Waals surface area contributed by atoms with Gasteiger partial charge in [0.15, 0.2) is 5.78 Å². The van der Waals surface area contributed by atoms with Gasteiger partial charge in [-0.2, -0.15) is 13.2 Å². The van der Waals surface area contributed by atoms with Gasteiger partial charge in [-0.15, -0.1) is 0 Å². The van der Waals surface area contributed by atoms with Crippen molar-refractivity contribution in [3.05, 3.63) is 35.4 Å². The van der Waals surface area contributed by atoms with Crippen LogP contribution in [-0.4, -0.2) is 24.1 Å². The fraction of sp³-hybridized carbons (Fsp3) is 0.357. The van der Waals surface area contributed by atoms with Gasteiger partial charge in [0.25, 0.3) is 5.78 Å². The Morgan fingerprint density at radius 2 is 1.67 bits per heavy atom. The molecule has 1 aromatic rings. The van der Waals surface area contributed by atoms with E-state index < -0.39 is 35.2 Å². The van der Waals surface area contributed by atoms with Crippen molar-refractivity contribution in [2.75, 3.05) is 6.61 Å². The van der Waals surface area contributed by atoms with E-state index in [1.165, 1.54) is 13.8 Å². The number of hydrogen-bond acceptors (Lipinski definition) is 4. The first-order valence-corrected chi connectivity index (χ1v) is 6.11. The number of esters is 1. The minimum Gasteiger partial charge on any atom is -0.460 e. The van der Waals surface area contributed by atoms with Crippen LogP contribution >= 0.6 is 0 Å². The lowest BCUT2D eigenvalue weighted by Gasteiger charge is -2.10. The molecule has 1 aromatic carbocycles. The minimum atomic E-state index is -4.51. The first-order valence-electron chi connectivity index (χ1n) is 6.11. The maximum Gasteiger partial charge on any atom is 0.416 e. The normalized spacial score (nSPS) is 12.6. The molecule has 0 bridgehead atoms. The third-order valence-corrected chi connectivity index (χ3v) is 2.76. The van der Waals surface area contributed by atoms with Crippen molar-refractivity contribution < 1.29 is 32.3 Å². The molecule has 4 nitrogen and oxygen atoms in total. The van der Waals surface area contributed by atoms with Crippen LogP contribution in [0, 0.1) is 5.92 Å². The lowest BCUT2D eigenvalue weighted by atomic mass is 9.95. The molecular formula is C14H13F3O4. The molecule has 0 N–H and O–H groups in total. The predicted octanol–water partition coefficient (Wildman–Crippen LogP) is 2.66. The summed E-state index contributed by atoms with van der Waals surface area (Å²) in [5, 5.41) is 0.